The molecule has 0 N–H and O–H groups in total. The first kappa shape index (κ1) is 18.6. The number of ether oxygens (including phenoxy) is 2. The maximum absolute atomic E-state index is 12.8. The van der Waals surface area contributed by atoms with E-state index in [0.717, 1.165) is 0 Å². The Morgan fingerprint density at radius 1 is 1.08 bits per heavy atom. The molecule has 0 bridgehead atoms. The molecule has 0 fully saturated rings. The standard InChI is InChI=1S/C17H15F4NO3/c1-22(16(23)11-24-14-8-6-13(18)7-9-14)10-12-4-2-3-5-15(12)25-17(19,20)21/h2-9H,10-11H2,1H3. The number of halogens is 4. The number of rotatable bonds is 6. The largest absolute Gasteiger partial charge is 0.573 e. The van der Waals surface area contributed by atoms with E-state index in [-0.39, 0.29) is 24.5 Å². The highest BCUT2D eigenvalue weighted by atomic mass is 19.4. The van der Waals surface area contributed by atoms with E-state index >= 15 is 0 Å². The predicted molar refractivity (Wildman–Crippen MR) is 81.5 cm³/mol. The summed E-state index contributed by atoms with van der Waals surface area (Å²) in [5.41, 5.74) is 0.206. The molecule has 0 unspecified atom stereocenters. The zero-order valence-electron chi connectivity index (χ0n) is 13.2. The van der Waals surface area contributed by atoms with E-state index in [1.807, 2.05) is 0 Å². The van der Waals surface area contributed by atoms with Gasteiger partial charge in [0.15, 0.2) is 6.61 Å². The fraction of sp³-hybridized carbons (Fsp3) is 0.235. The molecule has 0 aliphatic heterocycles. The Labute approximate surface area is 141 Å². The monoisotopic (exact) mass is 357 g/mol. The van der Waals surface area contributed by atoms with Crippen molar-refractivity contribution in [3.63, 3.8) is 0 Å². The second-order valence-electron chi connectivity index (χ2n) is 5.15. The quantitative estimate of drug-likeness (QED) is 0.739. The number of alkyl halides is 3. The van der Waals surface area contributed by atoms with E-state index in [4.69, 9.17) is 4.74 Å². The maximum atomic E-state index is 12.8. The second-order valence-corrected chi connectivity index (χ2v) is 5.15. The van der Waals surface area contributed by atoms with Crippen molar-refractivity contribution in [2.45, 2.75) is 12.9 Å². The van der Waals surface area contributed by atoms with Crippen LogP contribution in [0.5, 0.6) is 11.5 Å². The number of para-hydroxylation sites is 1. The highest BCUT2D eigenvalue weighted by molar-refractivity contribution is 5.77. The van der Waals surface area contributed by atoms with Gasteiger partial charge in [0, 0.05) is 19.2 Å². The number of carbonyl (C=O) groups is 1. The summed E-state index contributed by atoms with van der Waals surface area (Å²) in [6.45, 7) is -0.414. The summed E-state index contributed by atoms with van der Waals surface area (Å²) in [6, 6.07) is 10.7. The van der Waals surface area contributed by atoms with E-state index in [2.05, 4.69) is 4.74 Å². The molecule has 0 saturated carbocycles. The number of hydrogen-bond donors (Lipinski definition) is 0. The molecule has 2 aromatic rings. The van der Waals surface area contributed by atoms with Crippen LogP contribution in [0.3, 0.4) is 0 Å². The first-order chi connectivity index (χ1) is 11.7. The molecule has 0 atom stereocenters. The van der Waals surface area contributed by atoms with Crippen LogP contribution in [0.2, 0.25) is 0 Å². The number of likely N-dealkylation sites (N-methyl/N-ethyl adjacent to an activating group) is 1. The van der Waals surface area contributed by atoms with Crippen molar-refractivity contribution in [2.75, 3.05) is 13.7 Å². The summed E-state index contributed by atoms with van der Waals surface area (Å²) >= 11 is 0. The summed E-state index contributed by atoms with van der Waals surface area (Å²) in [6.07, 6.45) is -4.82. The zero-order chi connectivity index (χ0) is 18.4. The minimum absolute atomic E-state index is 0.0855. The Balaban J connectivity index is 1.95. The van der Waals surface area contributed by atoms with Gasteiger partial charge in [0.1, 0.15) is 17.3 Å². The Bertz CT molecular complexity index is 717. The zero-order valence-corrected chi connectivity index (χ0v) is 13.2. The summed E-state index contributed by atoms with van der Waals surface area (Å²) in [5, 5.41) is 0. The van der Waals surface area contributed by atoms with Gasteiger partial charge in [-0.2, -0.15) is 0 Å². The summed E-state index contributed by atoms with van der Waals surface area (Å²) in [7, 11) is 1.43. The first-order valence-corrected chi connectivity index (χ1v) is 7.20. The van der Waals surface area contributed by atoms with Crippen molar-refractivity contribution in [2.24, 2.45) is 0 Å². The van der Waals surface area contributed by atoms with Gasteiger partial charge >= 0.3 is 6.36 Å². The van der Waals surface area contributed by atoms with Gasteiger partial charge in [0.05, 0.1) is 0 Å². The van der Waals surface area contributed by atoms with Crippen LogP contribution in [0, 0.1) is 5.82 Å². The van der Waals surface area contributed by atoms with Crippen LogP contribution in [0.4, 0.5) is 17.6 Å². The van der Waals surface area contributed by atoms with Gasteiger partial charge in [-0.3, -0.25) is 4.79 Å². The Morgan fingerprint density at radius 3 is 2.36 bits per heavy atom. The molecule has 0 radical (unpaired) electrons. The van der Waals surface area contributed by atoms with Gasteiger partial charge in [0.2, 0.25) is 0 Å². The van der Waals surface area contributed by atoms with Gasteiger partial charge in [-0.25, -0.2) is 4.39 Å². The van der Waals surface area contributed by atoms with Crippen molar-refractivity contribution < 1.29 is 31.8 Å². The fourth-order valence-corrected chi connectivity index (χ4v) is 1.99. The lowest BCUT2D eigenvalue weighted by atomic mass is 10.2. The maximum Gasteiger partial charge on any atom is 0.573 e. The lowest BCUT2D eigenvalue weighted by Crippen LogP contribution is -2.31. The number of nitrogens with zero attached hydrogens (tertiary/aromatic N) is 1. The van der Waals surface area contributed by atoms with Crippen molar-refractivity contribution in [1.82, 2.24) is 4.90 Å². The Kier molecular flexibility index (Phi) is 5.84. The molecule has 0 aliphatic rings. The number of benzene rings is 2. The average molecular weight is 357 g/mol. The Hall–Kier alpha value is -2.77. The van der Waals surface area contributed by atoms with Gasteiger partial charge in [-0.1, -0.05) is 18.2 Å². The van der Waals surface area contributed by atoms with Crippen LogP contribution < -0.4 is 9.47 Å². The smallest absolute Gasteiger partial charge is 0.484 e. The molecule has 1 amide bonds. The average Bonchev–Trinajstić information content (AvgIpc) is 2.54. The third kappa shape index (κ3) is 5.98. The lowest BCUT2D eigenvalue weighted by molar-refractivity contribution is -0.275. The third-order valence-corrected chi connectivity index (χ3v) is 3.21. The van der Waals surface area contributed by atoms with Crippen LogP contribution in [0.25, 0.3) is 0 Å². The van der Waals surface area contributed by atoms with Crippen LogP contribution in [0.15, 0.2) is 48.5 Å². The Morgan fingerprint density at radius 2 is 1.72 bits per heavy atom. The fourth-order valence-electron chi connectivity index (χ4n) is 1.99. The van der Waals surface area contributed by atoms with Crippen LogP contribution in [0.1, 0.15) is 5.56 Å². The van der Waals surface area contributed by atoms with Gasteiger partial charge in [-0.15, -0.1) is 13.2 Å². The van der Waals surface area contributed by atoms with E-state index in [9.17, 15) is 22.4 Å². The number of carbonyl (C=O) groups excluding carboxylic acids is 1. The van der Waals surface area contributed by atoms with Crippen molar-refractivity contribution in [3.05, 3.63) is 59.9 Å². The van der Waals surface area contributed by atoms with Crippen molar-refractivity contribution in [1.29, 1.82) is 0 Å². The minimum Gasteiger partial charge on any atom is -0.484 e. The highest BCUT2D eigenvalue weighted by Crippen LogP contribution is 2.27. The molecule has 134 valence electrons. The topological polar surface area (TPSA) is 38.8 Å². The molecule has 25 heavy (non-hydrogen) atoms. The predicted octanol–water partition coefficient (Wildman–Crippen LogP) is 3.76. The molecule has 0 heterocycles. The molecule has 0 aromatic heterocycles. The van der Waals surface area contributed by atoms with Crippen LogP contribution in [-0.4, -0.2) is 30.8 Å². The molecular formula is C17H15F4NO3. The van der Waals surface area contributed by atoms with Gasteiger partial charge in [-0.05, 0) is 30.3 Å². The molecule has 8 heteroatoms. The SMILES string of the molecule is CN(Cc1ccccc1OC(F)(F)F)C(=O)COc1ccc(F)cc1. The first-order valence-electron chi connectivity index (χ1n) is 7.20. The number of hydrogen-bond acceptors (Lipinski definition) is 3. The second kappa shape index (κ2) is 7.87. The minimum atomic E-state index is -4.82. The normalized spacial score (nSPS) is 11.1. The van der Waals surface area contributed by atoms with Gasteiger partial charge < -0.3 is 14.4 Å². The van der Waals surface area contributed by atoms with E-state index < -0.39 is 18.1 Å². The lowest BCUT2D eigenvalue weighted by Gasteiger charge is -2.20. The molecule has 0 aliphatic carbocycles. The van der Waals surface area contributed by atoms with E-state index in [1.54, 1.807) is 6.07 Å². The molecule has 0 spiro atoms. The van der Waals surface area contributed by atoms with Crippen LogP contribution >= 0.6 is 0 Å². The highest BCUT2D eigenvalue weighted by Gasteiger charge is 2.32. The number of amides is 1. The molecular weight excluding hydrogens is 342 g/mol. The summed E-state index contributed by atoms with van der Waals surface area (Å²) in [4.78, 5) is 13.3. The van der Waals surface area contributed by atoms with E-state index in [1.165, 1.54) is 54.4 Å². The van der Waals surface area contributed by atoms with Crippen molar-refractivity contribution >= 4 is 5.91 Å². The summed E-state index contributed by atoms with van der Waals surface area (Å²) < 4.78 is 59.2. The molecule has 4 nitrogen and oxygen atoms in total. The van der Waals surface area contributed by atoms with Crippen LogP contribution in [-0.2, 0) is 11.3 Å². The molecule has 0 saturated heterocycles. The third-order valence-electron chi connectivity index (χ3n) is 3.21. The summed E-state index contributed by atoms with van der Waals surface area (Å²) in [5.74, 6) is -0.943. The van der Waals surface area contributed by atoms with E-state index in [0.29, 0.717) is 5.75 Å². The molecule has 2 rings (SSSR count). The van der Waals surface area contributed by atoms with Gasteiger partial charge in [0.25, 0.3) is 5.91 Å². The van der Waals surface area contributed by atoms with Crippen molar-refractivity contribution in [3.8, 4) is 11.5 Å². The molecule has 2 aromatic carbocycles.